The number of unbranched alkanes of at least 4 members (excludes halogenated alkanes) is 1. The van der Waals surface area contributed by atoms with E-state index in [0.29, 0.717) is 38.7 Å². The SMILES string of the molecule is CCCCNc1cnnc(N2CCN(C(=O)OCC)CC2)n1. The molecule has 0 aliphatic carbocycles. The molecule has 22 heavy (non-hydrogen) atoms. The van der Waals surface area contributed by atoms with Crippen molar-refractivity contribution in [2.75, 3.05) is 49.5 Å². The van der Waals surface area contributed by atoms with Crippen molar-refractivity contribution in [3.8, 4) is 0 Å². The Bertz CT molecular complexity index is 476. The lowest BCUT2D eigenvalue weighted by molar-refractivity contribution is 0.105. The smallest absolute Gasteiger partial charge is 0.409 e. The molecule has 1 fully saturated rings. The molecule has 1 aliphatic rings. The third kappa shape index (κ3) is 4.44. The van der Waals surface area contributed by atoms with E-state index in [1.165, 1.54) is 0 Å². The van der Waals surface area contributed by atoms with E-state index in [1.54, 1.807) is 11.1 Å². The fourth-order valence-corrected chi connectivity index (χ4v) is 2.21. The van der Waals surface area contributed by atoms with Crippen LogP contribution in [0, 0.1) is 0 Å². The Hall–Kier alpha value is -2.12. The zero-order chi connectivity index (χ0) is 15.8. The van der Waals surface area contributed by atoms with Crippen LogP contribution in [0.25, 0.3) is 0 Å². The molecule has 0 atom stereocenters. The maximum Gasteiger partial charge on any atom is 0.409 e. The number of amides is 1. The first-order valence-corrected chi connectivity index (χ1v) is 7.84. The van der Waals surface area contributed by atoms with E-state index in [0.717, 1.165) is 25.2 Å². The number of aromatic nitrogens is 3. The Morgan fingerprint density at radius 1 is 1.32 bits per heavy atom. The summed E-state index contributed by atoms with van der Waals surface area (Å²) in [6, 6.07) is 0. The lowest BCUT2D eigenvalue weighted by Crippen LogP contribution is -2.49. The number of carbonyl (C=O) groups excluding carboxylic acids is 1. The van der Waals surface area contributed by atoms with E-state index in [2.05, 4.69) is 27.4 Å². The summed E-state index contributed by atoms with van der Waals surface area (Å²) in [5, 5.41) is 11.3. The van der Waals surface area contributed by atoms with Crippen molar-refractivity contribution in [2.45, 2.75) is 26.7 Å². The highest BCUT2D eigenvalue weighted by molar-refractivity contribution is 5.68. The first-order chi connectivity index (χ1) is 10.7. The molecular formula is C14H24N6O2. The predicted molar refractivity (Wildman–Crippen MR) is 84.0 cm³/mol. The highest BCUT2D eigenvalue weighted by Gasteiger charge is 2.23. The summed E-state index contributed by atoms with van der Waals surface area (Å²) in [5.41, 5.74) is 0. The lowest BCUT2D eigenvalue weighted by atomic mass is 10.3. The predicted octanol–water partition coefficient (Wildman–Crippen LogP) is 1.36. The van der Waals surface area contributed by atoms with Crippen LogP contribution < -0.4 is 10.2 Å². The summed E-state index contributed by atoms with van der Waals surface area (Å²) in [6.45, 7) is 7.81. The Balaban J connectivity index is 1.88. The van der Waals surface area contributed by atoms with Crippen molar-refractivity contribution in [3.63, 3.8) is 0 Å². The van der Waals surface area contributed by atoms with Crippen molar-refractivity contribution in [2.24, 2.45) is 0 Å². The summed E-state index contributed by atoms with van der Waals surface area (Å²) in [7, 11) is 0. The molecule has 122 valence electrons. The third-order valence-electron chi connectivity index (χ3n) is 3.47. The van der Waals surface area contributed by atoms with Gasteiger partial charge in [-0.25, -0.2) is 4.79 Å². The Kier molecular flexibility index (Phi) is 6.17. The molecule has 8 nitrogen and oxygen atoms in total. The second-order valence-electron chi connectivity index (χ2n) is 5.09. The second kappa shape index (κ2) is 8.35. The quantitative estimate of drug-likeness (QED) is 0.794. The van der Waals surface area contributed by atoms with Gasteiger partial charge in [-0.3, -0.25) is 0 Å². The maximum absolute atomic E-state index is 11.7. The molecule has 0 bridgehead atoms. The molecule has 1 aromatic heterocycles. The fraction of sp³-hybridized carbons (Fsp3) is 0.714. The van der Waals surface area contributed by atoms with Crippen LogP contribution in [0.4, 0.5) is 16.6 Å². The zero-order valence-electron chi connectivity index (χ0n) is 13.3. The Morgan fingerprint density at radius 2 is 2.09 bits per heavy atom. The number of hydrogen-bond acceptors (Lipinski definition) is 7. The number of carbonyl (C=O) groups is 1. The molecule has 0 saturated carbocycles. The molecule has 1 saturated heterocycles. The third-order valence-corrected chi connectivity index (χ3v) is 3.47. The second-order valence-corrected chi connectivity index (χ2v) is 5.09. The van der Waals surface area contributed by atoms with Crippen molar-refractivity contribution < 1.29 is 9.53 Å². The molecule has 0 spiro atoms. The zero-order valence-corrected chi connectivity index (χ0v) is 13.3. The number of ether oxygens (including phenoxy) is 1. The van der Waals surface area contributed by atoms with Gasteiger partial charge in [0.25, 0.3) is 0 Å². The van der Waals surface area contributed by atoms with Crippen LogP contribution in [0.1, 0.15) is 26.7 Å². The Labute approximate surface area is 130 Å². The van der Waals surface area contributed by atoms with Gasteiger partial charge in [-0.2, -0.15) is 10.1 Å². The van der Waals surface area contributed by atoms with Gasteiger partial charge >= 0.3 is 6.09 Å². The van der Waals surface area contributed by atoms with Crippen LogP contribution >= 0.6 is 0 Å². The normalized spacial score (nSPS) is 14.8. The Morgan fingerprint density at radius 3 is 2.77 bits per heavy atom. The number of piperazine rings is 1. The largest absolute Gasteiger partial charge is 0.450 e. The summed E-state index contributed by atoms with van der Waals surface area (Å²) < 4.78 is 5.01. The van der Waals surface area contributed by atoms with Gasteiger partial charge in [-0.1, -0.05) is 13.3 Å². The van der Waals surface area contributed by atoms with Crippen LogP contribution in [0.3, 0.4) is 0 Å². The summed E-state index contributed by atoms with van der Waals surface area (Å²) >= 11 is 0. The number of nitrogens with zero attached hydrogens (tertiary/aromatic N) is 5. The molecule has 2 heterocycles. The minimum absolute atomic E-state index is 0.254. The molecule has 8 heteroatoms. The van der Waals surface area contributed by atoms with Crippen LogP contribution in [-0.2, 0) is 4.74 Å². The lowest BCUT2D eigenvalue weighted by Gasteiger charge is -2.33. The average Bonchev–Trinajstić information content (AvgIpc) is 2.56. The molecule has 0 aromatic carbocycles. The van der Waals surface area contributed by atoms with E-state index >= 15 is 0 Å². The van der Waals surface area contributed by atoms with Crippen molar-refractivity contribution >= 4 is 17.9 Å². The highest BCUT2D eigenvalue weighted by Crippen LogP contribution is 2.13. The van der Waals surface area contributed by atoms with Crippen molar-refractivity contribution in [1.82, 2.24) is 20.1 Å². The number of rotatable bonds is 6. The monoisotopic (exact) mass is 308 g/mol. The van der Waals surface area contributed by atoms with Crippen LogP contribution in [-0.4, -0.2) is 65.5 Å². The summed E-state index contributed by atoms with van der Waals surface area (Å²) in [4.78, 5) is 19.9. The number of hydrogen-bond donors (Lipinski definition) is 1. The van der Waals surface area contributed by atoms with E-state index in [4.69, 9.17) is 4.74 Å². The average molecular weight is 308 g/mol. The van der Waals surface area contributed by atoms with E-state index in [-0.39, 0.29) is 6.09 Å². The van der Waals surface area contributed by atoms with Crippen LogP contribution in [0.5, 0.6) is 0 Å². The van der Waals surface area contributed by atoms with E-state index in [9.17, 15) is 4.79 Å². The van der Waals surface area contributed by atoms with Gasteiger partial charge in [0.2, 0.25) is 5.95 Å². The molecular weight excluding hydrogens is 284 g/mol. The first-order valence-electron chi connectivity index (χ1n) is 7.84. The summed E-state index contributed by atoms with van der Waals surface area (Å²) in [6.07, 6.45) is 3.61. The van der Waals surface area contributed by atoms with E-state index in [1.807, 2.05) is 11.8 Å². The molecule has 0 radical (unpaired) electrons. The maximum atomic E-state index is 11.7. The fourth-order valence-electron chi connectivity index (χ4n) is 2.21. The summed E-state index contributed by atoms with van der Waals surface area (Å²) in [5.74, 6) is 1.34. The minimum Gasteiger partial charge on any atom is -0.450 e. The molecule has 1 aromatic rings. The van der Waals surface area contributed by atoms with Crippen molar-refractivity contribution in [3.05, 3.63) is 6.20 Å². The standard InChI is InChI=1S/C14H24N6O2/c1-3-5-6-15-12-11-16-18-13(17-12)19-7-9-20(10-8-19)14(21)22-4-2/h11H,3-10H2,1-2H3,(H,15,17,18). The van der Waals surface area contributed by atoms with Gasteiger partial charge in [0.05, 0.1) is 12.8 Å². The van der Waals surface area contributed by atoms with Gasteiger partial charge in [0.15, 0.2) is 5.82 Å². The molecule has 1 N–H and O–H groups in total. The van der Waals surface area contributed by atoms with Gasteiger partial charge in [-0.05, 0) is 13.3 Å². The van der Waals surface area contributed by atoms with Crippen LogP contribution in [0.2, 0.25) is 0 Å². The van der Waals surface area contributed by atoms with Gasteiger partial charge in [0.1, 0.15) is 0 Å². The first kappa shape index (κ1) is 16.3. The number of anilines is 2. The van der Waals surface area contributed by atoms with Gasteiger partial charge < -0.3 is 19.9 Å². The molecule has 1 amide bonds. The van der Waals surface area contributed by atoms with Gasteiger partial charge in [-0.15, -0.1) is 5.10 Å². The topological polar surface area (TPSA) is 83.5 Å². The molecule has 1 aliphatic heterocycles. The molecule has 2 rings (SSSR count). The van der Waals surface area contributed by atoms with Crippen LogP contribution in [0.15, 0.2) is 6.20 Å². The minimum atomic E-state index is -0.254. The highest BCUT2D eigenvalue weighted by atomic mass is 16.6. The van der Waals surface area contributed by atoms with E-state index < -0.39 is 0 Å². The van der Waals surface area contributed by atoms with Gasteiger partial charge in [0, 0.05) is 32.7 Å². The number of nitrogens with one attached hydrogen (secondary N) is 1. The van der Waals surface area contributed by atoms with Crippen molar-refractivity contribution in [1.29, 1.82) is 0 Å². The molecule has 0 unspecified atom stereocenters.